The highest BCUT2D eigenvalue weighted by atomic mass is 79.9. The topological polar surface area (TPSA) is 0 Å². The van der Waals surface area contributed by atoms with E-state index in [0.717, 1.165) is 5.92 Å². The SMILES string of the molecule is CCCc1ccc(Br)c(C2CCCC2)c1. The monoisotopic (exact) mass is 266 g/mol. The second-order valence-electron chi connectivity index (χ2n) is 4.59. The molecule has 0 unspecified atom stereocenters. The second-order valence-corrected chi connectivity index (χ2v) is 5.44. The van der Waals surface area contributed by atoms with Gasteiger partial charge in [0.2, 0.25) is 0 Å². The van der Waals surface area contributed by atoms with Crippen molar-refractivity contribution in [1.82, 2.24) is 0 Å². The molecule has 1 aromatic rings. The Bertz CT molecular complexity index is 324. The molecule has 82 valence electrons. The van der Waals surface area contributed by atoms with Crippen LogP contribution in [0.5, 0.6) is 0 Å². The molecule has 0 bridgehead atoms. The Kier molecular flexibility index (Phi) is 3.85. The summed E-state index contributed by atoms with van der Waals surface area (Å²) in [6.07, 6.45) is 8.05. The van der Waals surface area contributed by atoms with Crippen LogP contribution in [0.4, 0.5) is 0 Å². The first kappa shape index (κ1) is 11.2. The smallest absolute Gasteiger partial charge is 0.0210 e. The molecule has 2 rings (SSSR count). The lowest BCUT2D eigenvalue weighted by Crippen LogP contribution is -1.95. The second kappa shape index (κ2) is 5.16. The van der Waals surface area contributed by atoms with Crippen LogP contribution in [-0.2, 0) is 6.42 Å². The van der Waals surface area contributed by atoms with E-state index in [1.807, 2.05) is 0 Å². The van der Waals surface area contributed by atoms with Crippen molar-refractivity contribution in [3.63, 3.8) is 0 Å². The van der Waals surface area contributed by atoms with Gasteiger partial charge in [0.05, 0.1) is 0 Å². The minimum Gasteiger partial charge on any atom is -0.0651 e. The molecule has 1 aliphatic rings. The third kappa shape index (κ3) is 2.63. The van der Waals surface area contributed by atoms with Gasteiger partial charge in [-0.3, -0.25) is 0 Å². The van der Waals surface area contributed by atoms with Crippen LogP contribution in [0.1, 0.15) is 56.1 Å². The Labute approximate surface area is 101 Å². The Morgan fingerprint density at radius 1 is 1.27 bits per heavy atom. The Balaban J connectivity index is 2.23. The predicted octanol–water partition coefficient (Wildman–Crippen LogP) is 5.06. The molecule has 0 aromatic heterocycles. The van der Waals surface area contributed by atoms with Gasteiger partial charge >= 0.3 is 0 Å². The van der Waals surface area contributed by atoms with E-state index in [1.165, 1.54) is 48.6 Å². The minimum absolute atomic E-state index is 0.816. The van der Waals surface area contributed by atoms with Crippen LogP contribution in [0.25, 0.3) is 0 Å². The van der Waals surface area contributed by atoms with Crippen molar-refractivity contribution < 1.29 is 0 Å². The summed E-state index contributed by atoms with van der Waals surface area (Å²) in [5, 5.41) is 0. The van der Waals surface area contributed by atoms with Crippen LogP contribution in [0.3, 0.4) is 0 Å². The average Bonchev–Trinajstić information content (AvgIpc) is 2.74. The fourth-order valence-corrected chi connectivity index (χ4v) is 3.16. The highest BCUT2D eigenvalue weighted by molar-refractivity contribution is 9.10. The molecular weight excluding hydrogens is 248 g/mol. The van der Waals surface area contributed by atoms with Crippen LogP contribution in [0, 0.1) is 0 Å². The lowest BCUT2D eigenvalue weighted by Gasteiger charge is -2.13. The molecule has 0 atom stereocenters. The van der Waals surface area contributed by atoms with Gasteiger partial charge in [-0.05, 0) is 42.4 Å². The first-order chi connectivity index (χ1) is 7.31. The van der Waals surface area contributed by atoms with Crippen molar-refractivity contribution in [2.45, 2.75) is 51.4 Å². The molecule has 1 fully saturated rings. The molecule has 1 aromatic carbocycles. The zero-order chi connectivity index (χ0) is 10.7. The maximum Gasteiger partial charge on any atom is 0.0210 e. The van der Waals surface area contributed by atoms with Gasteiger partial charge in [-0.25, -0.2) is 0 Å². The maximum atomic E-state index is 3.69. The normalized spacial score (nSPS) is 17.2. The largest absolute Gasteiger partial charge is 0.0651 e. The predicted molar refractivity (Wildman–Crippen MR) is 69.3 cm³/mol. The summed E-state index contributed by atoms with van der Waals surface area (Å²) in [6, 6.07) is 6.91. The van der Waals surface area contributed by atoms with Gasteiger partial charge in [0.15, 0.2) is 0 Å². The number of halogens is 1. The van der Waals surface area contributed by atoms with E-state index in [4.69, 9.17) is 0 Å². The van der Waals surface area contributed by atoms with Crippen molar-refractivity contribution >= 4 is 15.9 Å². The van der Waals surface area contributed by atoms with E-state index in [-0.39, 0.29) is 0 Å². The van der Waals surface area contributed by atoms with Crippen molar-refractivity contribution in [2.24, 2.45) is 0 Å². The molecule has 0 amide bonds. The summed E-state index contributed by atoms with van der Waals surface area (Å²) in [6.45, 7) is 2.25. The lowest BCUT2D eigenvalue weighted by molar-refractivity contribution is 0.717. The minimum atomic E-state index is 0.816. The molecule has 0 heterocycles. The number of rotatable bonds is 3. The average molecular weight is 267 g/mol. The van der Waals surface area contributed by atoms with Crippen LogP contribution >= 0.6 is 15.9 Å². The quantitative estimate of drug-likeness (QED) is 0.718. The fraction of sp³-hybridized carbons (Fsp3) is 0.571. The fourth-order valence-electron chi connectivity index (χ4n) is 2.59. The standard InChI is InChI=1S/C14H19Br/c1-2-5-11-8-9-14(15)13(10-11)12-6-3-4-7-12/h8-10,12H,2-7H2,1H3. The summed E-state index contributed by atoms with van der Waals surface area (Å²) >= 11 is 3.69. The van der Waals surface area contributed by atoms with Crippen molar-refractivity contribution in [3.05, 3.63) is 33.8 Å². The molecule has 1 saturated carbocycles. The van der Waals surface area contributed by atoms with Crippen LogP contribution in [-0.4, -0.2) is 0 Å². The molecule has 0 saturated heterocycles. The molecule has 1 aliphatic carbocycles. The molecule has 15 heavy (non-hydrogen) atoms. The van der Waals surface area contributed by atoms with Crippen LogP contribution in [0.2, 0.25) is 0 Å². The number of hydrogen-bond acceptors (Lipinski definition) is 0. The van der Waals surface area contributed by atoms with E-state index in [0.29, 0.717) is 0 Å². The van der Waals surface area contributed by atoms with E-state index in [2.05, 4.69) is 41.1 Å². The third-order valence-electron chi connectivity index (χ3n) is 3.39. The number of hydrogen-bond donors (Lipinski definition) is 0. The van der Waals surface area contributed by atoms with Gasteiger partial charge in [0.1, 0.15) is 0 Å². The highest BCUT2D eigenvalue weighted by Crippen LogP contribution is 2.38. The number of benzene rings is 1. The summed E-state index contributed by atoms with van der Waals surface area (Å²) in [5.74, 6) is 0.816. The highest BCUT2D eigenvalue weighted by Gasteiger charge is 2.19. The van der Waals surface area contributed by atoms with Gasteiger partial charge in [-0.15, -0.1) is 0 Å². The molecule has 1 heteroatoms. The van der Waals surface area contributed by atoms with Crippen LogP contribution < -0.4 is 0 Å². The summed E-state index contributed by atoms with van der Waals surface area (Å²) in [4.78, 5) is 0. The summed E-state index contributed by atoms with van der Waals surface area (Å²) < 4.78 is 1.31. The zero-order valence-electron chi connectivity index (χ0n) is 9.43. The summed E-state index contributed by atoms with van der Waals surface area (Å²) in [5.41, 5.74) is 3.06. The molecule has 0 radical (unpaired) electrons. The molecule has 0 spiro atoms. The molecule has 0 nitrogen and oxygen atoms in total. The molecule has 0 aliphatic heterocycles. The first-order valence-corrected chi connectivity index (χ1v) is 6.89. The maximum absolute atomic E-state index is 3.69. The Morgan fingerprint density at radius 2 is 2.00 bits per heavy atom. The molecule has 0 N–H and O–H groups in total. The van der Waals surface area contributed by atoms with Gasteiger partial charge < -0.3 is 0 Å². The van der Waals surface area contributed by atoms with Crippen LogP contribution in [0.15, 0.2) is 22.7 Å². The van der Waals surface area contributed by atoms with Crippen molar-refractivity contribution in [1.29, 1.82) is 0 Å². The van der Waals surface area contributed by atoms with Crippen molar-refractivity contribution in [2.75, 3.05) is 0 Å². The summed E-state index contributed by atoms with van der Waals surface area (Å²) in [7, 11) is 0. The van der Waals surface area contributed by atoms with Gasteiger partial charge in [-0.2, -0.15) is 0 Å². The Morgan fingerprint density at radius 3 is 2.67 bits per heavy atom. The zero-order valence-corrected chi connectivity index (χ0v) is 11.0. The van der Waals surface area contributed by atoms with Gasteiger partial charge in [0, 0.05) is 4.47 Å². The lowest BCUT2D eigenvalue weighted by atomic mass is 9.95. The Hall–Kier alpha value is -0.300. The third-order valence-corrected chi connectivity index (χ3v) is 4.12. The van der Waals surface area contributed by atoms with Gasteiger partial charge in [-0.1, -0.05) is 54.2 Å². The van der Waals surface area contributed by atoms with E-state index in [1.54, 1.807) is 5.56 Å². The molecular formula is C14H19Br. The first-order valence-electron chi connectivity index (χ1n) is 6.09. The number of aryl methyl sites for hydroxylation is 1. The van der Waals surface area contributed by atoms with E-state index >= 15 is 0 Å². The van der Waals surface area contributed by atoms with E-state index in [9.17, 15) is 0 Å². The van der Waals surface area contributed by atoms with Gasteiger partial charge in [0.25, 0.3) is 0 Å². The van der Waals surface area contributed by atoms with Crippen molar-refractivity contribution in [3.8, 4) is 0 Å². The van der Waals surface area contributed by atoms with E-state index < -0.39 is 0 Å².